The molecule has 1 rings (SSSR count). The van der Waals surface area contributed by atoms with Gasteiger partial charge in [0, 0.05) is 6.54 Å². The third-order valence-corrected chi connectivity index (χ3v) is 3.78. The van der Waals surface area contributed by atoms with Crippen molar-refractivity contribution in [1.82, 2.24) is 4.90 Å². The van der Waals surface area contributed by atoms with Gasteiger partial charge in [0.15, 0.2) is 4.88 Å². The molecule has 1 aromatic heterocycles. The molecule has 0 aromatic carbocycles. The zero-order valence-corrected chi connectivity index (χ0v) is 12.0. The number of carbonyl (C=O) groups is 1. The quantitative estimate of drug-likeness (QED) is 0.789. The van der Waals surface area contributed by atoms with E-state index in [0.29, 0.717) is 5.75 Å². The fourth-order valence-corrected chi connectivity index (χ4v) is 2.39. The molecule has 0 saturated carbocycles. The molecule has 0 aliphatic carbocycles. The van der Waals surface area contributed by atoms with Crippen LogP contribution < -0.4 is 4.74 Å². The smallest absolute Gasteiger partial charge is 0.349 e. The van der Waals surface area contributed by atoms with Crippen molar-refractivity contribution >= 4 is 17.3 Å². The Morgan fingerprint density at radius 3 is 2.72 bits per heavy atom. The second kappa shape index (κ2) is 7.38. The van der Waals surface area contributed by atoms with Gasteiger partial charge in [-0.1, -0.05) is 13.8 Å². The first-order valence-electron chi connectivity index (χ1n) is 6.28. The molecule has 1 unspecified atom stereocenters. The Labute approximate surface area is 112 Å². The Bertz CT molecular complexity index is 374. The molecule has 18 heavy (non-hydrogen) atoms. The van der Waals surface area contributed by atoms with Crippen molar-refractivity contribution in [1.29, 1.82) is 0 Å². The molecule has 4 nitrogen and oxygen atoms in total. The van der Waals surface area contributed by atoms with Gasteiger partial charge < -0.3 is 14.7 Å². The van der Waals surface area contributed by atoms with Crippen LogP contribution in [-0.4, -0.2) is 41.7 Å². The Morgan fingerprint density at radius 1 is 1.50 bits per heavy atom. The lowest BCUT2D eigenvalue weighted by molar-refractivity contribution is 0.0695. The molecular formula is C13H21NO3S. The highest BCUT2D eigenvalue weighted by molar-refractivity contribution is 7.12. The molecule has 0 aliphatic rings. The van der Waals surface area contributed by atoms with Gasteiger partial charge in [0.05, 0.1) is 6.10 Å². The van der Waals surface area contributed by atoms with Crippen molar-refractivity contribution in [3.05, 3.63) is 16.3 Å². The summed E-state index contributed by atoms with van der Waals surface area (Å²) >= 11 is 1.20. The Hall–Kier alpha value is -1.07. The van der Waals surface area contributed by atoms with Gasteiger partial charge in [-0.3, -0.25) is 0 Å². The van der Waals surface area contributed by atoms with Crippen LogP contribution in [-0.2, 0) is 0 Å². The molecule has 0 amide bonds. The predicted molar refractivity (Wildman–Crippen MR) is 73.8 cm³/mol. The molecule has 0 bridgehead atoms. The largest absolute Gasteiger partial charge is 0.489 e. The first kappa shape index (κ1) is 15.0. The fourth-order valence-electron chi connectivity index (χ4n) is 1.73. The zero-order valence-electron chi connectivity index (χ0n) is 11.2. The zero-order chi connectivity index (χ0) is 13.5. The van der Waals surface area contributed by atoms with Crippen LogP contribution in [0.3, 0.4) is 0 Å². The van der Waals surface area contributed by atoms with E-state index in [9.17, 15) is 4.79 Å². The number of carboxylic acids is 1. The van der Waals surface area contributed by atoms with E-state index in [1.54, 1.807) is 11.4 Å². The van der Waals surface area contributed by atoms with E-state index in [0.717, 1.165) is 26.1 Å². The molecule has 0 radical (unpaired) electrons. The van der Waals surface area contributed by atoms with Gasteiger partial charge >= 0.3 is 5.97 Å². The third-order valence-electron chi connectivity index (χ3n) is 2.90. The highest BCUT2D eigenvalue weighted by Crippen LogP contribution is 2.26. The summed E-state index contributed by atoms with van der Waals surface area (Å²) < 4.78 is 5.69. The van der Waals surface area contributed by atoms with Crippen LogP contribution in [0.15, 0.2) is 11.4 Å². The Morgan fingerprint density at radius 2 is 2.17 bits per heavy atom. The van der Waals surface area contributed by atoms with Crippen LogP contribution in [0.25, 0.3) is 0 Å². The average molecular weight is 271 g/mol. The van der Waals surface area contributed by atoms with Crippen LogP contribution in [0.2, 0.25) is 0 Å². The molecule has 1 heterocycles. The number of hydrogen-bond donors (Lipinski definition) is 1. The molecule has 0 spiro atoms. The summed E-state index contributed by atoms with van der Waals surface area (Å²) in [5, 5.41) is 10.7. The molecule has 102 valence electrons. The number of carboxylic acid groups (broad SMARTS) is 1. The summed E-state index contributed by atoms with van der Waals surface area (Å²) in [7, 11) is 0. The van der Waals surface area contributed by atoms with Crippen molar-refractivity contribution in [3.8, 4) is 5.75 Å². The second-order valence-corrected chi connectivity index (χ2v) is 5.08. The minimum atomic E-state index is -0.920. The van der Waals surface area contributed by atoms with Gasteiger partial charge in [-0.2, -0.15) is 0 Å². The normalized spacial score (nSPS) is 12.7. The molecule has 1 aromatic rings. The van der Waals surface area contributed by atoms with Crippen molar-refractivity contribution in [2.24, 2.45) is 0 Å². The highest BCUT2D eigenvalue weighted by Gasteiger charge is 2.15. The molecule has 0 fully saturated rings. The minimum absolute atomic E-state index is 0.0262. The summed E-state index contributed by atoms with van der Waals surface area (Å²) in [5.41, 5.74) is 0. The summed E-state index contributed by atoms with van der Waals surface area (Å²) in [4.78, 5) is 13.6. The monoisotopic (exact) mass is 271 g/mol. The number of thiophene rings is 1. The van der Waals surface area contributed by atoms with Crippen molar-refractivity contribution in [3.63, 3.8) is 0 Å². The molecule has 5 heteroatoms. The number of nitrogens with zero attached hydrogens (tertiary/aromatic N) is 1. The van der Waals surface area contributed by atoms with Crippen molar-refractivity contribution in [2.45, 2.75) is 33.3 Å². The second-order valence-electron chi connectivity index (χ2n) is 4.16. The first-order valence-corrected chi connectivity index (χ1v) is 7.16. The minimum Gasteiger partial charge on any atom is -0.489 e. The number of rotatable bonds is 8. The maximum absolute atomic E-state index is 10.9. The summed E-state index contributed by atoms with van der Waals surface area (Å²) in [6.07, 6.45) is 0.926. The maximum Gasteiger partial charge on any atom is 0.349 e. The van der Waals surface area contributed by atoms with Gasteiger partial charge in [-0.25, -0.2) is 4.79 Å². The van der Waals surface area contributed by atoms with Gasteiger partial charge in [0.2, 0.25) is 0 Å². The number of aromatic carboxylic acids is 1. The van der Waals surface area contributed by atoms with E-state index >= 15 is 0 Å². The molecular weight excluding hydrogens is 250 g/mol. The molecule has 0 aliphatic heterocycles. The van der Waals surface area contributed by atoms with Crippen molar-refractivity contribution in [2.75, 3.05) is 19.6 Å². The van der Waals surface area contributed by atoms with E-state index in [-0.39, 0.29) is 11.0 Å². The van der Waals surface area contributed by atoms with Crippen molar-refractivity contribution < 1.29 is 14.6 Å². The molecule has 1 N–H and O–H groups in total. The van der Waals surface area contributed by atoms with Gasteiger partial charge in [0.25, 0.3) is 0 Å². The van der Waals surface area contributed by atoms with E-state index in [1.807, 2.05) is 6.92 Å². The van der Waals surface area contributed by atoms with Crippen LogP contribution >= 0.6 is 11.3 Å². The summed E-state index contributed by atoms with van der Waals surface area (Å²) in [6.45, 7) is 9.28. The SMILES string of the molecule is CCN(CC)CCC(C)Oc1ccsc1C(=O)O. The maximum atomic E-state index is 10.9. The number of ether oxygens (including phenoxy) is 1. The van der Waals surface area contributed by atoms with Gasteiger partial charge in [-0.15, -0.1) is 11.3 Å². The van der Waals surface area contributed by atoms with E-state index in [4.69, 9.17) is 9.84 Å². The predicted octanol–water partition coefficient (Wildman–Crippen LogP) is 2.95. The van der Waals surface area contributed by atoms with E-state index < -0.39 is 5.97 Å². The summed E-state index contributed by atoms with van der Waals surface area (Å²) in [5.74, 6) is -0.435. The van der Waals surface area contributed by atoms with Gasteiger partial charge in [0.1, 0.15) is 5.75 Å². The first-order chi connectivity index (χ1) is 8.58. The summed E-state index contributed by atoms with van der Waals surface area (Å²) in [6, 6.07) is 1.72. The average Bonchev–Trinajstić information content (AvgIpc) is 2.78. The van der Waals surface area contributed by atoms with Crippen LogP contribution in [0.5, 0.6) is 5.75 Å². The number of hydrogen-bond acceptors (Lipinski definition) is 4. The molecule has 0 saturated heterocycles. The lowest BCUT2D eigenvalue weighted by atomic mass is 10.2. The Balaban J connectivity index is 2.46. The third kappa shape index (κ3) is 4.31. The van der Waals surface area contributed by atoms with Crippen LogP contribution in [0.4, 0.5) is 0 Å². The van der Waals surface area contributed by atoms with E-state index in [1.165, 1.54) is 11.3 Å². The lowest BCUT2D eigenvalue weighted by Gasteiger charge is -2.21. The Kier molecular flexibility index (Phi) is 6.15. The highest BCUT2D eigenvalue weighted by atomic mass is 32.1. The molecule has 1 atom stereocenters. The van der Waals surface area contributed by atoms with Crippen LogP contribution in [0, 0.1) is 0 Å². The van der Waals surface area contributed by atoms with E-state index in [2.05, 4.69) is 18.7 Å². The lowest BCUT2D eigenvalue weighted by Crippen LogP contribution is -2.28. The fraction of sp³-hybridized carbons (Fsp3) is 0.615. The topological polar surface area (TPSA) is 49.8 Å². The van der Waals surface area contributed by atoms with Gasteiger partial charge in [-0.05, 0) is 37.9 Å². The van der Waals surface area contributed by atoms with Crippen LogP contribution in [0.1, 0.15) is 36.9 Å². The standard InChI is InChI=1S/C13H21NO3S/c1-4-14(5-2)8-6-10(3)17-11-7-9-18-12(11)13(15)16/h7,9-10H,4-6,8H2,1-3H3,(H,15,16).